The molecule has 2 N–H and O–H groups in total. The van der Waals surface area contributed by atoms with Crippen molar-refractivity contribution in [3.63, 3.8) is 0 Å². The number of hydrogen-bond donors (Lipinski definition) is 2. The molecule has 0 amide bonds. The molecule has 0 radical (unpaired) electrons. The van der Waals surface area contributed by atoms with Crippen molar-refractivity contribution in [3.05, 3.63) is 22.3 Å². The Balaban J connectivity index is 1.90. The van der Waals surface area contributed by atoms with Gasteiger partial charge in [-0.1, -0.05) is 53.2 Å². The van der Waals surface area contributed by atoms with Gasteiger partial charge >= 0.3 is 5.30 Å². The number of thiol groups is 1. The Labute approximate surface area is 213 Å². The highest BCUT2D eigenvalue weighted by Gasteiger charge is 2.49. The van der Waals surface area contributed by atoms with Gasteiger partial charge in [0.1, 0.15) is 17.1 Å². The number of hydrogen-bond acceptors (Lipinski definition) is 4. The Morgan fingerprint density at radius 1 is 1.15 bits per heavy atom. The van der Waals surface area contributed by atoms with Gasteiger partial charge in [0.2, 0.25) is 0 Å². The Hall–Kier alpha value is -1.20. The third-order valence-electron chi connectivity index (χ3n) is 10.1. The summed E-state index contributed by atoms with van der Waals surface area (Å²) in [6.07, 6.45) is 7.58. The van der Waals surface area contributed by atoms with Gasteiger partial charge in [-0.2, -0.15) is 0 Å². The summed E-state index contributed by atoms with van der Waals surface area (Å²) >= 11 is 3.83. The molecule has 0 bridgehead atoms. The quantitative estimate of drug-likeness (QED) is 0.304. The molecule has 1 fully saturated rings. The van der Waals surface area contributed by atoms with Crippen LogP contribution in [0.2, 0.25) is 0 Å². The fraction of sp³-hybridized carbons (Fsp3) is 0.759. The van der Waals surface area contributed by atoms with E-state index in [1.165, 1.54) is 12.8 Å². The van der Waals surface area contributed by atoms with Crippen molar-refractivity contribution in [2.75, 3.05) is 0 Å². The third-order valence-corrected chi connectivity index (χ3v) is 10.1. The highest BCUT2D eigenvalue weighted by Crippen LogP contribution is 2.53. The van der Waals surface area contributed by atoms with E-state index in [1.807, 2.05) is 13.8 Å². The Morgan fingerprint density at radius 2 is 1.76 bits per heavy atom. The van der Waals surface area contributed by atoms with Crippen LogP contribution in [0.25, 0.3) is 0 Å². The second-order valence-corrected chi connectivity index (χ2v) is 12.4. The summed E-state index contributed by atoms with van der Waals surface area (Å²) in [4.78, 5) is 11.6. The van der Waals surface area contributed by atoms with Gasteiger partial charge in [0, 0.05) is 11.1 Å². The van der Waals surface area contributed by atoms with Crippen LogP contribution < -0.4 is 15.2 Å². The lowest BCUT2D eigenvalue weighted by molar-refractivity contribution is -0.00647. The number of nitrogens with two attached hydrogens (primary N) is 1. The zero-order chi connectivity index (χ0) is 25.6. The maximum atomic E-state index is 11.6. The minimum atomic E-state index is -0.578. The minimum Gasteiger partial charge on any atom is -0.487 e. The van der Waals surface area contributed by atoms with E-state index in [0.29, 0.717) is 23.5 Å². The molecule has 5 unspecified atom stereocenters. The number of ether oxygens (including phenoxy) is 2. The van der Waals surface area contributed by atoms with Crippen LogP contribution in [0.4, 0.5) is 4.79 Å². The number of carbonyl (C=O) groups excluding carboxylic acids is 1. The van der Waals surface area contributed by atoms with Crippen molar-refractivity contribution < 1.29 is 14.3 Å². The van der Waals surface area contributed by atoms with E-state index in [2.05, 4.69) is 61.1 Å². The van der Waals surface area contributed by atoms with Crippen LogP contribution in [0.1, 0.15) is 102 Å². The van der Waals surface area contributed by atoms with Crippen molar-refractivity contribution >= 4 is 17.9 Å². The van der Waals surface area contributed by atoms with Crippen molar-refractivity contribution in [1.29, 1.82) is 0 Å². The average molecular weight is 490 g/mol. The van der Waals surface area contributed by atoms with Gasteiger partial charge in [0.15, 0.2) is 0 Å². The van der Waals surface area contributed by atoms with Crippen LogP contribution in [0.15, 0.2) is 0 Å². The van der Waals surface area contributed by atoms with Crippen molar-refractivity contribution in [3.8, 4) is 11.5 Å². The number of fused-ring (bicyclic) bond motifs is 1. The molecule has 0 spiro atoms. The fourth-order valence-corrected chi connectivity index (χ4v) is 7.11. The van der Waals surface area contributed by atoms with Gasteiger partial charge < -0.3 is 15.2 Å². The Bertz CT molecular complexity index is 936. The van der Waals surface area contributed by atoms with Crippen molar-refractivity contribution in [2.24, 2.45) is 28.9 Å². The van der Waals surface area contributed by atoms with Gasteiger partial charge in [-0.3, -0.25) is 0 Å². The molecule has 5 heteroatoms. The number of benzene rings is 1. The number of rotatable bonds is 7. The van der Waals surface area contributed by atoms with E-state index in [9.17, 15) is 4.79 Å². The van der Waals surface area contributed by atoms with Gasteiger partial charge in [-0.25, -0.2) is 4.79 Å². The molecule has 5 atom stereocenters. The molecule has 0 saturated heterocycles. The summed E-state index contributed by atoms with van der Waals surface area (Å²) in [7, 11) is 0. The van der Waals surface area contributed by atoms with Gasteiger partial charge in [-0.15, -0.1) is 0 Å². The van der Waals surface area contributed by atoms with Crippen molar-refractivity contribution in [1.82, 2.24) is 0 Å². The van der Waals surface area contributed by atoms with Gasteiger partial charge in [0.25, 0.3) is 0 Å². The largest absolute Gasteiger partial charge is 0.487 e. The second kappa shape index (κ2) is 9.69. The van der Waals surface area contributed by atoms with Crippen LogP contribution in [0, 0.1) is 43.9 Å². The zero-order valence-corrected chi connectivity index (χ0v) is 23.8. The minimum absolute atomic E-state index is 0.110. The van der Waals surface area contributed by atoms with E-state index in [4.69, 9.17) is 15.2 Å². The van der Waals surface area contributed by atoms with Crippen LogP contribution in [-0.2, 0) is 6.42 Å². The normalized spacial score (nSPS) is 31.2. The molecule has 1 heterocycles. The highest BCUT2D eigenvalue weighted by atomic mass is 32.1. The smallest absolute Gasteiger partial charge is 0.369 e. The predicted octanol–water partition coefficient (Wildman–Crippen LogP) is 7.72. The Kier molecular flexibility index (Phi) is 7.80. The SMILES string of the molecule is CCC(CC)(CC1CC(C)C(C)C1(C)N)CC1(C)CCc2c(C)c(OC(=O)S)c(C)c(C)c2O1. The first-order chi connectivity index (χ1) is 15.7. The van der Waals surface area contributed by atoms with E-state index < -0.39 is 5.30 Å². The first-order valence-corrected chi connectivity index (χ1v) is 13.7. The van der Waals surface area contributed by atoms with Crippen LogP contribution in [0.3, 0.4) is 0 Å². The van der Waals surface area contributed by atoms with Crippen molar-refractivity contribution in [2.45, 2.75) is 118 Å². The first kappa shape index (κ1) is 27.4. The lowest BCUT2D eigenvalue weighted by atomic mass is 9.64. The summed E-state index contributed by atoms with van der Waals surface area (Å²) < 4.78 is 12.4. The first-order valence-electron chi connectivity index (χ1n) is 13.2. The second-order valence-electron chi connectivity index (χ2n) is 12.1. The fourth-order valence-electron chi connectivity index (χ4n) is 7.02. The predicted molar refractivity (Wildman–Crippen MR) is 144 cm³/mol. The lowest BCUT2D eigenvalue weighted by Crippen LogP contribution is -2.48. The average Bonchev–Trinajstić information content (AvgIpc) is 2.96. The molecule has 2 aliphatic rings. The van der Waals surface area contributed by atoms with Crippen LogP contribution in [-0.4, -0.2) is 16.4 Å². The summed E-state index contributed by atoms with van der Waals surface area (Å²) in [6, 6.07) is 0. The molecule has 4 nitrogen and oxygen atoms in total. The van der Waals surface area contributed by atoms with E-state index in [-0.39, 0.29) is 16.6 Å². The molecule has 1 aliphatic carbocycles. The summed E-state index contributed by atoms with van der Waals surface area (Å²) in [5.41, 5.74) is 11.0. The van der Waals surface area contributed by atoms with Gasteiger partial charge in [-0.05, 0) is 107 Å². The Morgan fingerprint density at radius 3 is 2.26 bits per heavy atom. The molecular weight excluding hydrogens is 442 g/mol. The molecule has 1 saturated carbocycles. The van der Waals surface area contributed by atoms with Gasteiger partial charge in [0.05, 0.1) is 0 Å². The van der Waals surface area contributed by atoms with E-state index >= 15 is 0 Å². The van der Waals surface area contributed by atoms with E-state index in [1.54, 1.807) is 0 Å². The maximum absolute atomic E-state index is 11.6. The molecular formula is C29H47NO3S. The van der Waals surface area contributed by atoms with Crippen LogP contribution in [0.5, 0.6) is 11.5 Å². The monoisotopic (exact) mass is 489 g/mol. The topological polar surface area (TPSA) is 61.5 Å². The van der Waals surface area contributed by atoms with Crippen LogP contribution >= 0.6 is 12.6 Å². The molecule has 1 aliphatic heterocycles. The molecule has 0 aromatic heterocycles. The third kappa shape index (κ3) is 4.89. The molecule has 34 heavy (non-hydrogen) atoms. The molecule has 3 rings (SSSR count). The summed E-state index contributed by atoms with van der Waals surface area (Å²) in [6.45, 7) is 20.1. The lowest BCUT2D eigenvalue weighted by Gasteiger charge is -2.47. The highest BCUT2D eigenvalue weighted by molar-refractivity contribution is 7.96. The molecule has 1 aromatic rings. The summed E-state index contributed by atoms with van der Waals surface area (Å²) in [5.74, 6) is 3.38. The standard InChI is InChI=1S/C29H47NO3S/c1-10-29(11-2,15-22-14-17(3)21(7)28(22,9)30)16-27(8)13-12-23-20(6)24(32-26(31)34)18(4)19(5)25(23)33-27/h17,21-22H,10-16,30H2,1-9H3,(H,31,34). The number of carbonyl (C=O) groups is 1. The molecule has 192 valence electrons. The van der Waals surface area contributed by atoms with E-state index in [0.717, 1.165) is 60.1 Å². The zero-order valence-electron chi connectivity index (χ0n) is 22.9. The molecule has 1 aromatic carbocycles. The maximum Gasteiger partial charge on any atom is 0.369 e. The summed E-state index contributed by atoms with van der Waals surface area (Å²) in [5, 5.41) is -0.578.